The highest BCUT2D eigenvalue weighted by Gasteiger charge is 2.33. The Morgan fingerprint density at radius 1 is 1.14 bits per heavy atom. The maximum atomic E-state index is 5.87. The molecule has 2 aliphatic heterocycles. The summed E-state index contributed by atoms with van der Waals surface area (Å²) in [7, 11) is 1.82. The fraction of sp³-hybridized carbons (Fsp3) is 0.952. The van der Waals surface area contributed by atoms with Gasteiger partial charge in [0.2, 0.25) is 0 Å². The van der Waals surface area contributed by atoms with Crippen molar-refractivity contribution in [2.24, 2.45) is 10.9 Å². The van der Waals surface area contributed by atoms with E-state index in [0.717, 1.165) is 77.8 Å². The summed E-state index contributed by atoms with van der Waals surface area (Å²) in [6.07, 6.45) is 3.80. The summed E-state index contributed by atoms with van der Waals surface area (Å²) in [4.78, 5) is 6.86. The molecule has 0 spiro atoms. The number of hydrogen-bond donors (Lipinski definition) is 2. The van der Waals surface area contributed by atoms with Gasteiger partial charge in [-0.3, -0.25) is 9.89 Å². The van der Waals surface area contributed by atoms with Gasteiger partial charge in [0.05, 0.1) is 12.2 Å². The van der Waals surface area contributed by atoms with Crippen LogP contribution in [0.4, 0.5) is 0 Å². The van der Waals surface area contributed by atoms with Crippen molar-refractivity contribution in [1.82, 2.24) is 15.5 Å². The zero-order chi connectivity index (χ0) is 20.4. The number of hydrogen-bond acceptors (Lipinski definition) is 5. The van der Waals surface area contributed by atoms with Crippen LogP contribution in [-0.4, -0.2) is 88.3 Å². The molecule has 2 rings (SSSR count). The summed E-state index contributed by atoms with van der Waals surface area (Å²) < 4.78 is 17.1. The number of ether oxygens (including phenoxy) is 3. The first-order valence-corrected chi connectivity index (χ1v) is 10.9. The predicted molar refractivity (Wildman–Crippen MR) is 129 cm³/mol. The van der Waals surface area contributed by atoms with E-state index in [1.165, 1.54) is 0 Å². The molecule has 2 fully saturated rings. The summed E-state index contributed by atoms with van der Waals surface area (Å²) in [5.74, 6) is 1.52. The molecule has 0 radical (unpaired) electrons. The molecule has 0 aromatic rings. The molecule has 2 unspecified atom stereocenters. The van der Waals surface area contributed by atoms with E-state index in [4.69, 9.17) is 14.2 Å². The van der Waals surface area contributed by atoms with Crippen molar-refractivity contribution >= 4 is 29.9 Å². The van der Waals surface area contributed by atoms with Crippen LogP contribution in [-0.2, 0) is 14.2 Å². The lowest BCUT2D eigenvalue weighted by molar-refractivity contribution is -0.0946. The fourth-order valence-corrected chi connectivity index (χ4v) is 3.85. The van der Waals surface area contributed by atoms with Crippen molar-refractivity contribution in [3.8, 4) is 0 Å². The smallest absolute Gasteiger partial charge is 0.191 e. The molecule has 7 nitrogen and oxygen atoms in total. The minimum absolute atomic E-state index is 0. The average Bonchev–Trinajstić information content (AvgIpc) is 2.67. The number of rotatable bonds is 9. The van der Waals surface area contributed by atoms with Crippen molar-refractivity contribution in [3.05, 3.63) is 0 Å². The Balaban J connectivity index is 0.00000420. The van der Waals surface area contributed by atoms with E-state index < -0.39 is 0 Å². The zero-order valence-electron chi connectivity index (χ0n) is 19.0. The molecule has 0 aromatic carbocycles. The molecule has 0 amide bonds. The molecular formula is C21H43IN4O3. The van der Waals surface area contributed by atoms with Crippen molar-refractivity contribution in [2.45, 2.75) is 64.7 Å². The van der Waals surface area contributed by atoms with Gasteiger partial charge in [0, 0.05) is 65.2 Å². The van der Waals surface area contributed by atoms with Gasteiger partial charge in [0.25, 0.3) is 0 Å². The monoisotopic (exact) mass is 526 g/mol. The van der Waals surface area contributed by atoms with E-state index in [0.29, 0.717) is 5.92 Å². The minimum Gasteiger partial charge on any atom is -0.381 e. The highest BCUT2D eigenvalue weighted by Crippen LogP contribution is 2.20. The molecular weight excluding hydrogens is 483 g/mol. The second kappa shape index (κ2) is 14.0. The van der Waals surface area contributed by atoms with Crippen LogP contribution in [0, 0.1) is 5.92 Å². The third kappa shape index (κ3) is 10.1. The quantitative estimate of drug-likeness (QED) is 0.208. The largest absolute Gasteiger partial charge is 0.381 e. The second-order valence-electron chi connectivity index (χ2n) is 8.81. The molecule has 172 valence electrons. The highest BCUT2D eigenvalue weighted by molar-refractivity contribution is 14.0. The third-order valence-electron chi connectivity index (χ3n) is 5.64. The van der Waals surface area contributed by atoms with Gasteiger partial charge >= 0.3 is 0 Å². The summed E-state index contributed by atoms with van der Waals surface area (Å²) in [6, 6.07) is 0. The zero-order valence-corrected chi connectivity index (χ0v) is 21.4. The van der Waals surface area contributed by atoms with E-state index >= 15 is 0 Å². The molecule has 2 N–H and O–H groups in total. The molecule has 0 saturated carbocycles. The molecule has 0 aromatic heterocycles. The van der Waals surface area contributed by atoms with Crippen molar-refractivity contribution in [1.29, 1.82) is 0 Å². The molecule has 2 saturated heterocycles. The molecule has 2 atom stereocenters. The normalized spacial score (nSPS) is 24.8. The fourth-order valence-electron chi connectivity index (χ4n) is 3.85. The number of halogens is 1. The van der Waals surface area contributed by atoms with Gasteiger partial charge < -0.3 is 24.8 Å². The lowest BCUT2D eigenvalue weighted by Gasteiger charge is -2.45. The van der Waals surface area contributed by atoms with Crippen molar-refractivity contribution in [2.75, 3.05) is 59.7 Å². The molecule has 29 heavy (non-hydrogen) atoms. The predicted octanol–water partition coefficient (Wildman–Crippen LogP) is 2.49. The summed E-state index contributed by atoms with van der Waals surface area (Å²) in [5, 5.41) is 6.88. The van der Waals surface area contributed by atoms with E-state index in [1.807, 2.05) is 7.05 Å². The van der Waals surface area contributed by atoms with Gasteiger partial charge in [-0.25, -0.2) is 0 Å². The lowest BCUT2D eigenvalue weighted by Crippen LogP contribution is -2.59. The Labute approximate surface area is 194 Å². The first kappa shape index (κ1) is 26.9. The van der Waals surface area contributed by atoms with Crippen LogP contribution in [0.5, 0.6) is 0 Å². The molecule has 2 heterocycles. The molecule has 0 bridgehead atoms. The first-order chi connectivity index (χ1) is 13.4. The number of nitrogens with one attached hydrogen (secondary N) is 2. The van der Waals surface area contributed by atoms with Crippen LogP contribution in [0.2, 0.25) is 0 Å². The Kier molecular flexibility index (Phi) is 13.0. The third-order valence-corrected chi connectivity index (χ3v) is 5.64. The SMILES string of the molecule is CN=C(NCCCOCC1CCOCC1)NCC(C)(C)N1CC(C)OC(C)C1.I. The van der Waals surface area contributed by atoms with E-state index in [-0.39, 0.29) is 41.7 Å². The van der Waals surface area contributed by atoms with Crippen LogP contribution >= 0.6 is 24.0 Å². The first-order valence-electron chi connectivity index (χ1n) is 10.9. The maximum Gasteiger partial charge on any atom is 0.191 e. The average molecular weight is 527 g/mol. The van der Waals surface area contributed by atoms with Gasteiger partial charge in [-0.2, -0.15) is 0 Å². The summed E-state index contributed by atoms with van der Waals surface area (Å²) in [6.45, 7) is 15.9. The molecule has 0 aliphatic carbocycles. The van der Waals surface area contributed by atoms with Gasteiger partial charge in [0.1, 0.15) is 0 Å². The molecule has 8 heteroatoms. The standard InChI is InChI=1S/C21H42N4O3.HI/c1-17-13-25(14-18(2)28-17)21(3,4)16-24-20(22-5)23-9-6-10-27-15-19-7-11-26-12-8-19;/h17-19H,6-16H2,1-5H3,(H2,22,23,24);1H. The Hall–Kier alpha value is -0.160. The lowest BCUT2D eigenvalue weighted by atomic mass is 10.00. The van der Waals surface area contributed by atoms with Gasteiger partial charge in [-0.1, -0.05) is 0 Å². The molecule has 2 aliphatic rings. The number of nitrogens with zero attached hydrogens (tertiary/aromatic N) is 2. The van der Waals surface area contributed by atoms with Crippen LogP contribution in [0.1, 0.15) is 47.0 Å². The Morgan fingerprint density at radius 3 is 2.41 bits per heavy atom. The number of morpholine rings is 1. The second-order valence-corrected chi connectivity index (χ2v) is 8.81. The van der Waals surface area contributed by atoms with Gasteiger partial charge in [-0.15, -0.1) is 24.0 Å². The summed E-state index contributed by atoms with van der Waals surface area (Å²) in [5.41, 5.74) is 0.0384. The van der Waals surface area contributed by atoms with Crippen molar-refractivity contribution < 1.29 is 14.2 Å². The van der Waals surface area contributed by atoms with E-state index in [9.17, 15) is 0 Å². The Bertz CT molecular complexity index is 463. The summed E-state index contributed by atoms with van der Waals surface area (Å²) >= 11 is 0. The number of aliphatic imine (C=N–C) groups is 1. The van der Waals surface area contributed by atoms with Crippen LogP contribution in [0.15, 0.2) is 4.99 Å². The van der Waals surface area contributed by atoms with Crippen LogP contribution in [0.25, 0.3) is 0 Å². The topological polar surface area (TPSA) is 67.4 Å². The highest BCUT2D eigenvalue weighted by atomic mass is 127. The number of guanidine groups is 1. The minimum atomic E-state index is 0. The van der Waals surface area contributed by atoms with Gasteiger partial charge in [0.15, 0.2) is 5.96 Å². The van der Waals surface area contributed by atoms with E-state index in [2.05, 4.69) is 48.2 Å². The van der Waals surface area contributed by atoms with Gasteiger partial charge in [-0.05, 0) is 52.9 Å². The Morgan fingerprint density at radius 2 is 1.79 bits per heavy atom. The van der Waals surface area contributed by atoms with Crippen molar-refractivity contribution in [3.63, 3.8) is 0 Å². The van der Waals surface area contributed by atoms with E-state index in [1.54, 1.807) is 0 Å². The van der Waals surface area contributed by atoms with Crippen LogP contribution in [0.3, 0.4) is 0 Å². The van der Waals surface area contributed by atoms with Crippen LogP contribution < -0.4 is 10.6 Å². The maximum absolute atomic E-state index is 5.87.